The first-order chi connectivity index (χ1) is 9.70. The van der Waals surface area contributed by atoms with Crippen LogP contribution in [0.5, 0.6) is 0 Å². The topological polar surface area (TPSA) is 67.8 Å². The van der Waals surface area contributed by atoms with E-state index in [2.05, 4.69) is 17.2 Å². The van der Waals surface area contributed by atoms with E-state index >= 15 is 0 Å². The molecule has 0 spiro atoms. The maximum absolute atomic E-state index is 12.0. The Labute approximate surface area is 117 Å². The molecule has 0 saturated carbocycles. The van der Waals surface area contributed by atoms with Crippen LogP contribution >= 0.6 is 0 Å². The van der Waals surface area contributed by atoms with E-state index in [-0.39, 0.29) is 19.1 Å². The minimum atomic E-state index is -0.572. The summed E-state index contributed by atoms with van der Waals surface area (Å²) in [4.78, 5) is 12.0. The van der Waals surface area contributed by atoms with Crippen LogP contribution in [0.1, 0.15) is 11.1 Å². The monoisotopic (exact) mass is 275 g/mol. The van der Waals surface area contributed by atoms with E-state index in [9.17, 15) is 4.79 Å². The fourth-order valence-corrected chi connectivity index (χ4v) is 1.83. The molecule has 2 rings (SSSR count). The van der Waals surface area contributed by atoms with Crippen molar-refractivity contribution in [2.24, 2.45) is 0 Å². The van der Waals surface area contributed by atoms with Gasteiger partial charge in [0.2, 0.25) is 0 Å². The molecule has 1 aromatic carbocycles. The molecule has 0 aliphatic carbocycles. The Morgan fingerprint density at radius 3 is 3.05 bits per heavy atom. The molecule has 1 atom stereocenters. The van der Waals surface area contributed by atoms with Gasteiger partial charge in [-0.3, -0.25) is 4.79 Å². The minimum absolute atomic E-state index is 0.191. The molecule has 0 radical (unpaired) electrons. The maximum Gasteiger partial charge on any atom is 0.255 e. The summed E-state index contributed by atoms with van der Waals surface area (Å²) in [5.41, 5.74) is 2.41. The first kappa shape index (κ1) is 14.5. The third kappa shape index (κ3) is 3.81. The van der Waals surface area contributed by atoms with E-state index in [0.29, 0.717) is 18.9 Å². The van der Waals surface area contributed by atoms with E-state index in [0.717, 1.165) is 11.1 Å². The van der Waals surface area contributed by atoms with Crippen molar-refractivity contribution in [3.63, 3.8) is 0 Å². The second kappa shape index (κ2) is 7.06. The largest absolute Gasteiger partial charge is 0.384 e. The number of amides is 1. The normalized spacial score (nSPS) is 18.0. The molecular formula is C15H17NO4. The summed E-state index contributed by atoms with van der Waals surface area (Å²) in [6.07, 6.45) is -0.572. The highest BCUT2D eigenvalue weighted by Gasteiger charge is 2.22. The lowest BCUT2D eigenvalue weighted by molar-refractivity contribution is -0.142. The van der Waals surface area contributed by atoms with Gasteiger partial charge in [0.1, 0.15) is 6.61 Å². The number of aryl methyl sites for hydroxylation is 1. The predicted octanol–water partition coefficient (Wildman–Crippen LogP) is 0.693. The lowest BCUT2D eigenvalue weighted by Crippen LogP contribution is -2.39. The van der Waals surface area contributed by atoms with Crippen LogP contribution in [0.4, 0.5) is 5.69 Å². The Bertz CT molecular complexity index is 539. The number of hydrogen-bond donors (Lipinski definition) is 2. The number of aliphatic hydroxyl groups excluding tert-OH is 1. The zero-order valence-electron chi connectivity index (χ0n) is 11.3. The van der Waals surface area contributed by atoms with Crippen molar-refractivity contribution < 1.29 is 19.4 Å². The van der Waals surface area contributed by atoms with Crippen molar-refractivity contribution in [1.29, 1.82) is 0 Å². The number of nitrogens with one attached hydrogen (secondary N) is 1. The average Bonchev–Trinajstić information content (AvgIpc) is 2.48. The molecule has 106 valence electrons. The molecule has 1 amide bonds. The third-order valence-corrected chi connectivity index (χ3v) is 2.92. The number of rotatable bonds is 2. The van der Waals surface area contributed by atoms with E-state index < -0.39 is 6.10 Å². The molecule has 1 heterocycles. The van der Waals surface area contributed by atoms with Crippen molar-refractivity contribution in [2.75, 3.05) is 31.7 Å². The van der Waals surface area contributed by atoms with Gasteiger partial charge in [-0.25, -0.2) is 0 Å². The summed E-state index contributed by atoms with van der Waals surface area (Å²) < 4.78 is 10.5. The Morgan fingerprint density at radius 2 is 2.35 bits per heavy atom. The predicted molar refractivity (Wildman–Crippen MR) is 74.3 cm³/mol. The molecule has 0 aromatic heterocycles. The van der Waals surface area contributed by atoms with Crippen LogP contribution in [0.15, 0.2) is 18.2 Å². The Balaban J connectivity index is 2.07. The molecule has 5 nitrogen and oxygen atoms in total. The molecule has 1 unspecified atom stereocenters. The lowest BCUT2D eigenvalue weighted by atomic mass is 10.1. The van der Waals surface area contributed by atoms with Crippen LogP contribution in [0, 0.1) is 18.8 Å². The van der Waals surface area contributed by atoms with Crippen molar-refractivity contribution in [3.8, 4) is 11.8 Å². The van der Waals surface area contributed by atoms with E-state index in [1.54, 1.807) is 12.1 Å². The second-order valence-corrected chi connectivity index (χ2v) is 4.41. The first-order valence-electron chi connectivity index (χ1n) is 6.41. The minimum Gasteiger partial charge on any atom is -0.384 e. The third-order valence-electron chi connectivity index (χ3n) is 2.92. The molecule has 2 N–H and O–H groups in total. The van der Waals surface area contributed by atoms with Gasteiger partial charge < -0.3 is 19.9 Å². The standard InChI is InChI=1S/C15H17NO4/c1-11-4-5-13(9-12(11)3-2-6-17)16-15(18)14-10-19-7-8-20-14/h4-5,9,14,17H,6-8,10H2,1H3,(H,16,18). The van der Waals surface area contributed by atoms with Gasteiger partial charge in [0.05, 0.1) is 19.8 Å². The summed E-state index contributed by atoms with van der Waals surface area (Å²) in [6, 6.07) is 5.45. The van der Waals surface area contributed by atoms with Gasteiger partial charge in [0, 0.05) is 11.3 Å². The van der Waals surface area contributed by atoms with Crippen LogP contribution < -0.4 is 5.32 Å². The molecule has 1 aromatic rings. The fourth-order valence-electron chi connectivity index (χ4n) is 1.83. The fraction of sp³-hybridized carbons (Fsp3) is 0.400. The zero-order valence-corrected chi connectivity index (χ0v) is 11.3. The summed E-state index contributed by atoms with van der Waals surface area (Å²) in [6.45, 7) is 2.96. The van der Waals surface area contributed by atoms with Crippen LogP contribution in [0.2, 0.25) is 0 Å². The molecule has 1 fully saturated rings. The van der Waals surface area contributed by atoms with Crippen LogP contribution in [0.25, 0.3) is 0 Å². The first-order valence-corrected chi connectivity index (χ1v) is 6.41. The summed E-state index contributed by atoms with van der Waals surface area (Å²) >= 11 is 0. The molecular weight excluding hydrogens is 258 g/mol. The number of benzene rings is 1. The van der Waals surface area contributed by atoms with Crippen LogP contribution in [-0.2, 0) is 14.3 Å². The second-order valence-electron chi connectivity index (χ2n) is 4.41. The lowest BCUT2D eigenvalue weighted by Gasteiger charge is -2.22. The zero-order chi connectivity index (χ0) is 14.4. The van der Waals surface area contributed by atoms with Crippen molar-refractivity contribution in [3.05, 3.63) is 29.3 Å². The maximum atomic E-state index is 12.0. The van der Waals surface area contributed by atoms with Gasteiger partial charge in [0.25, 0.3) is 5.91 Å². The van der Waals surface area contributed by atoms with E-state index in [1.165, 1.54) is 0 Å². The number of carbonyl (C=O) groups is 1. The quantitative estimate of drug-likeness (QED) is 0.779. The van der Waals surface area contributed by atoms with Gasteiger partial charge in [-0.15, -0.1) is 0 Å². The Hall–Kier alpha value is -1.87. The molecule has 5 heteroatoms. The number of hydrogen-bond acceptors (Lipinski definition) is 4. The van der Waals surface area contributed by atoms with Crippen LogP contribution in [0.3, 0.4) is 0 Å². The number of anilines is 1. The van der Waals surface area contributed by atoms with Gasteiger partial charge >= 0.3 is 0 Å². The number of ether oxygens (including phenoxy) is 2. The van der Waals surface area contributed by atoms with Crippen LogP contribution in [-0.4, -0.2) is 43.5 Å². The molecule has 1 aliphatic heterocycles. The van der Waals surface area contributed by atoms with Gasteiger partial charge in [-0.05, 0) is 24.6 Å². The molecule has 0 bridgehead atoms. The Morgan fingerprint density at radius 1 is 1.50 bits per heavy atom. The summed E-state index contributed by atoms with van der Waals surface area (Å²) in [5.74, 6) is 5.22. The smallest absolute Gasteiger partial charge is 0.255 e. The highest BCUT2D eigenvalue weighted by atomic mass is 16.6. The van der Waals surface area contributed by atoms with Gasteiger partial charge in [-0.2, -0.15) is 0 Å². The molecule has 1 saturated heterocycles. The molecule has 1 aliphatic rings. The average molecular weight is 275 g/mol. The van der Waals surface area contributed by atoms with Gasteiger partial charge in [-0.1, -0.05) is 17.9 Å². The highest BCUT2D eigenvalue weighted by Crippen LogP contribution is 2.15. The van der Waals surface area contributed by atoms with E-state index in [4.69, 9.17) is 14.6 Å². The summed E-state index contributed by atoms with van der Waals surface area (Å²) in [7, 11) is 0. The highest BCUT2D eigenvalue weighted by molar-refractivity contribution is 5.94. The van der Waals surface area contributed by atoms with Gasteiger partial charge in [0.15, 0.2) is 6.10 Å². The van der Waals surface area contributed by atoms with E-state index in [1.807, 2.05) is 13.0 Å². The van der Waals surface area contributed by atoms with Crippen molar-refractivity contribution in [2.45, 2.75) is 13.0 Å². The Kier molecular flexibility index (Phi) is 5.13. The SMILES string of the molecule is Cc1ccc(NC(=O)C2COCCO2)cc1C#CCO. The van der Waals surface area contributed by atoms with Crippen molar-refractivity contribution in [1.82, 2.24) is 0 Å². The summed E-state index contributed by atoms with van der Waals surface area (Å²) in [5, 5.41) is 11.5. The van der Waals surface area contributed by atoms with Crippen molar-refractivity contribution >= 4 is 11.6 Å². The number of aliphatic hydroxyl groups is 1. The number of carbonyl (C=O) groups excluding carboxylic acids is 1. The molecule has 20 heavy (non-hydrogen) atoms.